The predicted octanol–water partition coefficient (Wildman–Crippen LogP) is 4.67. The molecule has 0 saturated carbocycles. The van der Waals surface area contributed by atoms with E-state index in [1.54, 1.807) is 4.68 Å². The zero-order valence-electron chi connectivity index (χ0n) is 17.7. The van der Waals surface area contributed by atoms with Gasteiger partial charge in [0.2, 0.25) is 0 Å². The van der Waals surface area contributed by atoms with Gasteiger partial charge >= 0.3 is 0 Å². The van der Waals surface area contributed by atoms with Crippen LogP contribution in [0.4, 0.5) is 0 Å². The van der Waals surface area contributed by atoms with Gasteiger partial charge in [-0.15, -0.1) is 0 Å². The molecule has 0 aliphatic heterocycles. The van der Waals surface area contributed by atoms with Crippen LogP contribution in [0.3, 0.4) is 0 Å². The summed E-state index contributed by atoms with van der Waals surface area (Å²) in [6, 6.07) is 18.9. The van der Waals surface area contributed by atoms with Gasteiger partial charge in [-0.05, 0) is 66.6 Å². The molecule has 1 aromatic carbocycles. The van der Waals surface area contributed by atoms with Crippen LogP contribution in [0.25, 0.3) is 33.8 Å². The topological polar surface area (TPSA) is 60.0 Å². The highest BCUT2D eigenvalue weighted by Crippen LogP contribution is 2.26. The summed E-state index contributed by atoms with van der Waals surface area (Å²) in [5, 5.41) is 7.85. The quantitative estimate of drug-likeness (QED) is 0.444. The smallest absolute Gasteiger partial charge is 0.153 e. The molecule has 0 unspecified atom stereocenters. The molecule has 0 bridgehead atoms. The minimum Gasteiger partial charge on any atom is -0.313 e. The lowest BCUT2D eigenvalue weighted by molar-refractivity contribution is 0.727. The van der Waals surface area contributed by atoms with Crippen molar-refractivity contribution in [2.75, 3.05) is 6.54 Å². The van der Waals surface area contributed by atoms with E-state index in [9.17, 15) is 0 Å². The van der Waals surface area contributed by atoms with Gasteiger partial charge in [0, 0.05) is 30.7 Å². The monoisotopic (exact) mass is 408 g/mol. The van der Waals surface area contributed by atoms with Crippen molar-refractivity contribution in [3.05, 3.63) is 90.6 Å². The molecule has 4 aromatic heterocycles. The lowest BCUT2D eigenvalue weighted by atomic mass is 10.0. The molecule has 5 rings (SSSR count). The fourth-order valence-electron chi connectivity index (χ4n) is 3.75. The van der Waals surface area contributed by atoms with Gasteiger partial charge in [0.15, 0.2) is 5.82 Å². The summed E-state index contributed by atoms with van der Waals surface area (Å²) in [6.45, 7) is 5.93. The first-order valence-corrected chi connectivity index (χ1v) is 10.5. The number of fused-ring (bicyclic) bond motifs is 1. The van der Waals surface area contributed by atoms with Crippen molar-refractivity contribution in [1.82, 2.24) is 29.5 Å². The van der Waals surface area contributed by atoms with Crippen LogP contribution in [0, 0.1) is 6.92 Å². The van der Waals surface area contributed by atoms with E-state index in [0.717, 1.165) is 47.1 Å². The highest BCUT2D eigenvalue weighted by molar-refractivity contribution is 5.71. The van der Waals surface area contributed by atoms with Gasteiger partial charge in [0.25, 0.3) is 0 Å². The molecule has 0 aliphatic carbocycles. The molecule has 0 amide bonds. The summed E-state index contributed by atoms with van der Waals surface area (Å²) in [6.07, 6.45) is 7.73. The van der Waals surface area contributed by atoms with Gasteiger partial charge in [0.05, 0.1) is 17.6 Å². The molecule has 4 heterocycles. The van der Waals surface area contributed by atoms with Gasteiger partial charge < -0.3 is 5.32 Å². The average Bonchev–Trinajstić information content (AvgIpc) is 3.44. The zero-order chi connectivity index (χ0) is 21.2. The van der Waals surface area contributed by atoms with Crippen LogP contribution in [0.5, 0.6) is 0 Å². The van der Waals surface area contributed by atoms with Crippen LogP contribution in [0.2, 0.25) is 0 Å². The number of imidazole rings is 1. The Labute approximate surface area is 181 Å². The van der Waals surface area contributed by atoms with Gasteiger partial charge in [-0.3, -0.25) is 4.40 Å². The standard InChI is InChI=1S/C25H24N6/c1-3-26-16-19-5-4-6-20(13-19)21-9-11-30-23(17-28-24(30)14-21)22-7-10-27-25(15-22)31-12-8-18(2)29-31/h4-15,17,26H,3,16H2,1-2H3. The number of hydrogen-bond donors (Lipinski definition) is 1. The molecule has 31 heavy (non-hydrogen) atoms. The molecule has 154 valence electrons. The zero-order valence-corrected chi connectivity index (χ0v) is 17.7. The van der Waals surface area contributed by atoms with Crippen molar-refractivity contribution in [2.45, 2.75) is 20.4 Å². The normalized spacial score (nSPS) is 11.3. The summed E-state index contributed by atoms with van der Waals surface area (Å²) in [5.74, 6) is 0.787. The van der Waals surface area contributed by atoms with Crippen LogP contribution in [0.1, 0.15) is 18.2 Å². The molecular weight excluding hydrogens is 384 g/mol. The SMILES string of the molecule is CCNCc1cccc(-c2ccn3c(-c4ccnc(-n5ccc(C)n5)c4)cnc3c2)c1. The largest absolute Gasteiger partial charge is 0.313 e. The number of aromatic nitrogens is 5. The fourth-order valence-corrected chi connectivity index (χ4v) is 3.75. The molecule has 6 heteroatoms. The minimum absolute atomic E-state index is 0.787. The van der Waals surface area contributed by atoms with E-state index in [4.69, 9.17) is 0 Å². The summed E-state index contributed by atoms with van der Waals surface area (Å²) in [4.78, 5) is 9.13. The third kappa shape index (κ3) is 3.85. The van der Waals surface area contributed by atoms with Crippen molar-refractivity contribution >= 4 is 5.65 Å². The Morgan fingerprint density at radius 2 is 1.81 bits per heavy atom. The van der Waals surface area contributed by atoms with Gasteiger partial charge in [0.1, 0.15) is 5.65 Å². The maximum atomic E-state index is 4.67. The molecule has 1 N–H and O–H groups in total. The van der Waals surface area contributed by atoms with E-state index in [2.05, 4.69) is 74.3 Å². The highest BCUT2D eigenvalue weighted by Gasteiger charge is 2.10. The summed E-state index contributed by atoms with van der Waals surface area (Å²) >= 11 is 0. The first-order valence-electron chi connectivity index (χ1n) is 10.5. The number of nitrogens with zero attached hydrogens (tertiary/aromatic N) is 5. The fraction of sp³-hybridized carbons (Fsp3) is 0.160. The number of hydrogen-bond acceptors (Lipinski definition) is 4. The molecule has 5 aromatic rings. The average molecular weight is 409 g/mol. The summed E-state index contributed by atoms with van der Waals surface area (Å²) in [5.41, 5.74) is 7.58. The Morgan fingerprint density at radius 3 is 2.65 bits per heavy atom. The highest BCUT2D eigenvalue weighted by atomic mass is 15.3. The van der Waals surface area contributed by atoms with Gasteiger partial charge in [-0.2, -0.15) is 5.10 Å². The minimum atomic E-state index is 0.787. The van der Waals surface area contributed by atoms with Crippen molar-refractivity contribution in [3.8, 4) is 28.2 Å². The first-order chi connectivity index (χ1) is 15.2. The summed E-state index contributed by atoms with van der Waals surface area (Å²) < 4.78 is 3.90. The van der Waals surface area contributed by atoms with Gasteiger partial charge in [-0.25, -0.2) is 14.6 Å². The Kier molecular flexibility index (Phi) is 5.06. The third-order valence-corrected chi connectivity index (χ3v) is 5.35. The van der Waals surface area contributed by atoms with Crippen molar-refractivity contribution < 1.29 is 0 Å². The van der Waals surface area contributed by atoms with Gasteiger partial charge in [-0.1, -0.05) is 25.1 Å². The number of benzene rings is 1. The van der Waals surface area contributed by atoms with Crippen LogP contribution in [0.15, 0.2) is 79.4 Å². The second-order valence-electron chi connectivity index (χ2n) is 7.57. The van der Waals surface area contributed by atoms with Crippen molar-refractivity contribution in [2.24, 2.45) is 0 Å². The Hall–Kier alpha value is -3.77. The molecule has 0 atom stereocenters. The number of pyridine rings is 2. The predicted molar refractivity (Wildman–Crippen MR) is 123 cm³/mol. The van der Waals surface area contributed by atoms with E-state index >= 15 is 0 Å². The second-order valence-corrected chi connectivity index (χ2v) is 7.57. The lowest BCUT2D eigenvalue weighted by Crippen LogP contribution is -2.11. The molecule has 0 radical (unpaired) electrons. The lowest BCUT2D eigenvalue weighted by Gasteiger charge is -2.08. The molecular formula is C25H24N6. The molecule has 0 saturated heterocycles. The molecule has 0 aliphatic rings. The first kappa shape index (κ1) is 19.2. The third-order valence-electron chi connectivity index (χ3n) is 5.35. The van der Waals surface area contributed by atoms with Crippen LogP contribution >= 0.6 is 0 Å². The Bertz CT molecular complexity index is 1350. The number of rotatable bonds is 6. The Morgan fingerprint density at radius 1 is 0.903 bits per heavy atom. The number of nitrogens with one attached hydrogen (secondary N) is 1. The van der Waals surface area contributed by atoms with E-state index < -0.39 is 0 Å². The van der Waals surface area contributed by atoms with Crippen LogP contribution in [-0.4, -0.2) is 30.7 Å². The summed E-state index contributed by atoms with van der Waals surface area (Å²) in [7, 11) is 0. The molecule has 0 spiro atoms. The second kappa shape index (κ2) is 8.16. The van der Waals surface area contributed by atoms with Crippen LogP contribution < -0.4 is 5.32 Å². The van der Waals surface area contributed by atoms with E-state index in [-0.39, 0.29) is 0 Å². The number of aryl methyl sites for hydroxylation is 1. The molecule has 0 fully saturated rings. The molecule has 6 nitrogen and oxygen atoms in total. The van der Waals surface area contributed by atoms with Crippen molar-refractivity contribution in [3.63, 3.8) is 0 Å². The van der Waals surface area contributed by atoms with Crippen LogP contribution in [-0.2, 0) is 6.54 Å². The van der Waals surface area contributed by atoms with E-state index in [1.165, 1.54) is 11.1 Å². The maximum absolute atomic E-state index is 4.67. The van der Waals surface area contributed by atoms with E-state index in [1.807, 2.05) is 43.7 Å². The maximum Gasteiger partial charge on any atom is 0.153 e. The van der Waals surface area contributed by atoms with Crippen molar-refractivity contribution in [1.29, 1.82) is 0 Å². The Balaban J connectivity index is 1.49. The van der Waals surface area contributed by atoms with E-state index in [0.29, 0.717) is 0 Å².